The monoisotopic (exact) mass is 387 g/mol. The first kappa shape index (κ1) is 21.1. The van der Waals surface area contributed by atoms with Crippen LogP contribution in [0.5, 0.6) is 0 Å². The van der Waals surface area contributed by atoms with Crippen LogP contribution in [0.1, 0.15) is 55.8 Å². The first-order valence-electron chi connectivity index (χ1n) is 8.15. The zero-order chi connectivity index (χ0) is 17.8. The number of rotatable bonds is 10. The van der Waals surface area contributed by atoms with Gasteiger partial charge in [0.25, 0.3) is 0 Å². The summed E-state index contributed by atoms with van der Waals surface area (Å²) in [5.41, 5.74) is 0.267. The van der Waals surface area contributed by atoms with E-state index in [9.17, 15) is 9.59 Å². The number of carbonyl (C=O) groups excluding carboxylic acids is 2. The molecular weight excluding hydrogens is 365 g/mol. The molecule has 1 rings (SSSR count). The zero-order valence-electron chi connectivity index (χ0n) is 13.8. The molecule has 1 aromatic rings. The van der Waals surface area contributed by atoms with E-state index in [1.54, 1.807) is 18.2 Å². The summed E-state index contributed by atoms with van der Waals surface area (Å²) in [5, 5.41) is 4.59. The molecule has 0 aliphatic carbocycles. The standard InChI is InChI=1S/C18H23Cl2NO2S/c1-2-3-4-5-6-7-12-21-16(22)11-13-24-18(23)17-14(19)9-8-10-15(17)20/h8-11,13H,2-7,12H2,1H3,(H,21,22). The van der Waals surface area contributed by atoms with Crippen LogP contribution in [0, 0.1) is 0 Å². The predicted octanol–water partition coefficient (Wildman–Crippen LogP) is 5.86. The van der Waals surface area contributed by atoms with E-state index in [1.807, 2.05) is 0 Å². The van der Waals surface area contributed by atoms with Gasteiger partial charge in [-0.25, -0.2) is 0 Å². The highest BCUT2D eigenvalue weighted by molar-refractivity contribution is 8.16. The Kier molecular flexibility index (Phi) is 10.9. The highest BCUT2D eigenvalue weighted by atomic mass is 35.5. The Morgan fingerprint density at radius 1 is 1.08 bits per heavy atom. The van der Waals surface area contributed by atoms with Crippen LogP contribution in [0.4, 0.5) is 0 Å². The van der Waals surface area contributed by atoms with Crippen molar-refractivity contribution >= 4 is 46.0 Å². The number of hydrogen-bond acceptors (Lipinski definition) is 3. The number of unbranched alkanes of at least 4 members (excludes halogenated alkanes) is 5. The number of carbonyl (C=O) groups is 2. The molecule has 0 atom stereocenters. The molecule has 1 aromatic carbocycles. The van der Waals surface area contributed by atoms with Crippen molar-refractivity contribution in [3.63, 3.8) is 0 Å². The summed E-state index contributed by atoms with van der Waals surface area (Å²) in [7, 11) is 0. The van der Waals surface area contributed by atoms with E-state index in [0.717, 1.165) is 24.6 Å². The Balaban J connectivity index is 2.26. The Labute approximate surface area is 158 Å². The maximum Gasteiger partial charge on any atom is 0.244 e. The van der Waals surface area contributed by atoms with Gasteiger partial charge in [-0.2, -0.15) is 0 Å². The van der Waals surface area contributed by atoms with Gasteiger partial charge in [-0.3, -0.25) is 9.59 Å². The molecular formula is C18H23Cl2NO2S. The van der Waals surface area contributed by atoms with Gasteiger partial charge in [-0.15, -0.1) is 0 Å². The summed E-state index contributed by atoms with van der Waals surface area (Å²) < 4.78 is 0. The van der Waals surface area contributed by atoms with Crippen molar-refractivity contribution < 1.29 is 9.59 Å². The topological polar surface area (TPSA) is 46.2 Å². The van der Waals surface area contributed by atoms with E-state index < -0.39 is 0 Å². The van der Waals surface area contributed by atoms with Gasteiger partial charge in [0.15, 0.2) is 0 Å². The van der Waals surface area contributed by atoms with Crippen molar-refractivity contribution in [2.24, 2.45) is 0 Å². The van der Waals surface area contributed by atoms with Crippen LogP contribution in [0.3, 0.4) is 0 Å². The second kappa shape index (κ2) is 12.4. The van der Waals surface area contributed by atoms with Crippen LogP contribution in [0.2, 0.25) is 10.0 Å². The maximum atomic E-state index is 12.1. The molecule has 0 aliphatic heterocycles. The molecule has 24 heavy (non-hydrogen) atoms. The number of hydrogen-bond donors (Lipinski definition) is 1. The summed E-state index contributed by atoms with van der Waals surface area (Å²) >= 11 is 12.8. The quantitative estimate of drug-likeness (QED) is 0.404. The van der Waals surface area contributed by atoms with Gasteiger partial charge >= 0.3 is 0 Å². The molecule has 0 aromatic heterocycles. The third-order valence-corrected chi connectivity index (χ3v) is 4.71. The smallest absolute Gasteiger partial charge is 0.244 e. The number of halogens is 2. The highest BCUT2D eigenvalue weighted by Crippen LogP contribution is 2.28. The second-order valence-corrected chi connectivity index (χ2v) is 7.06. The predicted molar refractivity (Wildman–Crippen MR) is 104 cm³/mol. The largest absolute Gasteiger partial charge is 0.353 e. The molecule has 0 fully saturated rings. The molecule has 0 saturated carbocycles. The van der Waals surface area contributed by atoms with Crippen LogP contribution in [0.25, 0.3) is 0 Å². The van der Waals surface area contributed by atoms with Gasteiger partial charge in [0.05, 0.1) is 15.6 Å². The van der Waals surface area contributed by atoms with E-state index in [2.05, 4.69) is 12.2 Å². The summed E-state index contributed by atoms with van der Waals surface area (Å²) in [6.07, 6.45) is 8.43. The third-order valence-electron chi connectivity index (χ3n) is 3.39. The summed E-state index contributed by atoms with van der Waals surface area (Å²) in [5.74, 6) is -0.200. The number of benzene rings is 1. The molecule has 0 saturated heterocycles. The fourth-order valence-electron chi connectivity index (χ4n) is 2.09. The lowest BCUT2D eigenvalue weighted by Gasteiger charge is -2.03. The molecule has 6 heteroatoms. The Bertz CT molecular complexity index is 556. The Hall–Kier alpha value is -0.970. The van der Waals surface area contributed by atoms with Crippen molar-refractivity contribution in [1.29, 1.82) is 0 Å². The Morgan fingerprint density at radius 2 is 1.71 bits per heavy atom. The minimum atomic E-state index is -0.287. The van der Waals surface area contributed by atoms with E-state index in [0.29, 0.717) is 16.6 Å². The normalized spacial score (nSPS) is 11.0. The van der Waals surface area contributed by atoms with E-state index >= 15 is 0 Å². The average Bonchev–Trinajstić information content (AvgIpc) is 2.54. The highest BCUT2D eigenvalue weighted by Gasteiger charge is 2.13. The molecule has 132 valence electrons. The summed E-state index contributed by atoms with van der Waals surface area (Å²) in [6.45, 7) is 2.85. The van der Waals surface area contributed by atoms with Crippen LogP contribution in [0.15, 0.2) is 29.7 Å². The van der Waals surface area contributed by atoms with Crippen molar-refractivity contribution in [3.05, 3.63) is 45.3 Å². The molecule has 0 bridgehead atoms. The maximum absolute atomic E-state index is 12.1. The average molecular weight is 388 g/mol. The van der Waals surface area contributed by atoms with Gasteiger partial charge in [0.1, 0.15) is 0 Å². The lowest BCUT2D eigenvalue weighted by molar-refractivity contribution is -0.116. The zero-order valence-corrected chi connectivity index (χ0v) is 16.1. The molecule has 0 aliphatic rings. The number of amides is 1. The molecule has 0 heterocycles. The first-order chi connectivity index (χ1) is 11.6. The molecule has 1 amide bonds. The van der Waals surface area contributed by atoms with Crippen LogP contribution in [-0.2, 0) is 4.79 Å². The van der Waals surface area contributed by atoms with Crippen LogP contribution >= 0.6 is 35.0 Å². The van der Waals surface area contributed by atoms with Crippen molar-refractivity contribution in [3.8, 4) is 0 Å². The second-order valence-electron chi connectivity index (χ2n) is 5.36. The molecule has 0 spiro atoms. The Morgan fingerprint density at radius 3 is 2.38 bits per heavy atom. The van der Waals surface area contributed by atoms with Gasteiger partial charge in [-0.1, -0.05) is 80.1 Å². The molecule has 1 N–H and O–H groups in total. The minimum Gasteiger partial charge on any atom is -0.353 e. The summed E-state index contributed by atoms with van der Waals surface area (Å²) in [4.78, 5) is 23.7. The van der Waals surface area contributed by atoms with Gasteiger partial charge in [0.2, 0.25) is 11.0 Å². The molecule has 0 unspecified atom stereocenters. The number of nitrogens with one attached hydrogen (secondary N) is 1. The van der Waals surface area contributed by atoms with Crippen molar-refractivity contribution in [1.82, 2.24) is 5.32 Å². The fraction of sp³-hybridized carbons (Fsp3) is 0.444. The van der Waals surface area contributed by atoms with E-state index in [4.69, 9.17) is 23.2 Å². The van der Waals surface area contributed by atoms with E-state index in [1.165, 1.54) is 37.2 Å². The summed E-state index contributed by atoms with van der Waals surface area (Å²) in [6, 6.07) is 4.90. The SMILES string of the molecule is CCCCCCCCNC(=O)C=CSC(=O)c1c(Cl)cccc1Cl. The fourth-order valence-corrected chi connectivity index (χ4v) is 3.42. The van der Waals surface area contributed by atoms with Crippen molar-refractivity contribution in [2.45, 2.75) is 45.4 Å². The van der Waals surface area contributed by atoms with E-state index in [-0.39, 0.29) is 16.6 Å². The van der Waals surface area contributed by atoms with Crippen LogP contribution in [-0.4, -0.2) is 17.6 Å². The molecule has 0 radical (unpaired) electrons. The van der Waals surface area contributed by atoms with Gasteiger partial charge < -0.3 is 5.32 Å². The van der Waals surface area contributed by atoms with Gasteiger partial charge in [-0.05, 0) is 24.0 Å². The first-order valence-corrected chi connectivity index (χ1v) is 9.79. The lowest BCUT2D eigenvalue weighted by atomic mass is 10.1. The third kappa shape index (κ3) is 8.22. The van der Waals surface area contributed by atoms with Crippen molar-refractivity contribution in [2.75, 3.05) is 6.54 Å². The minimum absolute atomic E-state index is 0.200. The molecule has 3 nitrogen and oxygen atoms in total. The number of thioether (sulfide) groups is 1. The lowest BCUT2D eigenvalue weighted by Crippen LogP contribution is -2.21. The van der Waals surface area contributed by atoms with Crippen LogP contribution < -0.4 is 5.32 Å². The van der Waals surface area contributed by atoms with Gasteiger partial charge in [0, 0.05) is 12.6 Å².